The predicted octanol–water partition coefficient (Wildman–Crippen LogP) is 3.15. The maximum absolute atomic E-state index is 12.9. The summed E-state index contributed by atoms with van der Waals surface area (Å²) in [5.41, 5.74) is 0.454. The van der Waals surface area contributed by atoms with E-state index in [4.69, 9.17) is 16.3 Å². The van der Waals surface area contributed by atoms with Crippen LogP contribution < -0.4 is 15.4 Å². The molecule has 3 N–H and O–H groups in total. The average molecular weight is 522 g/mol. The van der Waals surface area contributed by atoms with E-state index in [-0.39, 0.29) is 37.4 Å². The first kappa shape index (κ1) is 24.1. The summed E-state index contributed by atoms with van der Waals surface area (Å²) in [4.78, 5) is 25.0. The fourth-order valence-corrected chi connectivity index (χ4v) is 5.44. The summed E-state index contributed by atoms with van der Waals surface area (Å²) in [7, 11) is -4.17. The fraction of sp³-hybridized carbons (Fsp3) is 0.238. The van der Waals surface area contributed by atoms with Gasteiger partial charge in [0.25, 0.3) is 26.2 Å². The molecule has 0 saturated carbocycles. The molecule has 1 atom stereocenters. The van der Waals surface area contributed by atoms with Crippen molar-refractivity contribution in [1.29, 1.82) is 0 Å². The Morgan fingerprint density at radius 1 is 1.06 bits per heavy atom. The molecule has 10 nitrogen and oxygen atoms in total. The molecule has 1 fully saturated rings. The van der Waals surface area contributed by atoms with Crippen molar-refractivity contribution in [2.24, 2.45) is 0 Å². The first-order valence-electron chi connectivity index (χ1n) is 10.2. The summed E-state index contributed by atoms with van der Waals surface area (Å²) < 4.78 is 33.2. The van der Waals surface area contributed by atoms with E-state index in [0.29, 0.717) is 24.5 Å². The Balaban J connectivity index is 1.45. The van der Waals surface area contributed by atoms with Gasteiger partial charge in [-0.2, -0.15) is 8.42 Å². The topological polar surface area (TPSA) is 139 Å². The van der Waals surface area contributed by atoms with Crippen LogP contribution in [0.15, 0.2) is 52.9 Å². The lowest BCUT2D eigenvalue weighted by Gasteiger charge is -2.13. The van der Waals surface area contributed by atoms with E-state index in [1.54, 1.807) is 30.3 Å². The molecule has 1 aliphatic heterocycles. The van der Waals surface area contributed by atoms with Crippen molar-refractivity contribution in [3.05, 3.63) is 64.7 Å². The summed E-state index contributed by atoms with van der Waals surface area (Å²) in [5.74, 6) is -0.981. The molecule has 2 aromatic carbocycles. The van der Waals surface area contributed by atoms with Gasteiger partial charge in [-0.3, -0.25) is 19.6 Å². The SMILES string of the molecule is O=C(Nc1nnc(S(=O)(=O)Nc2ccccc2C(=O)NC[C@@H]2CCCO2)s1)c1ccccc1Cl. The minimum Gasteiger partial charge on any atom is -0.376 e. The number of amides is 2. The van der Waals surface area contributed by atoms with Gasteiger partial charge in [0.05, 0.1) is 27.9 Å². The molecule has 4 rings (SSSR count). The third kappa shape index (κ3) is 5.70. The number of hydrogen-bond acceptors (Lipinski definition) is 8. The molecule has 0 unspecified atom stereocenters. The van der Waals surface area contributed by atoms with Crippen molar-refractivity contribution >= 4 is 55.6 Å². The molecule has 2 heterocycles. The highest BCUT2D eigenvalue weighted by atomic mass is 35.5. The molecule has 0 bridgehead atoms. The Kier molecular flexibility index (Phi) is 7.41. The van der Waals surface area contributed by atoms with Crippen molar-refractivity contribution in [3.63, 3.8) is 0 Å². The normalized spacial score (nSPS) is 15.6. The van der Waals surface area contributed by atoms with Gasteiger partial charge >= 0.3 is 0 Å². The number of ether oxygens (including phenoxy) is 1. The second-order valence-corrected chi connectivity index (χ2v) is 10.5. The summed E-state index contributed by atoms with van der Waals surface area (Å²) in [5, 5.41) is 12.9. The van der Waals surface area contributed by atoms with Crippen LogP contribution in [-0.2, 0) is 14.8 Å². The Bertz CT molecular complexity index is 1310. The van der Waals surface area contributed by atoms with E-state index >= 15 is 0 Å². The average Bonchev–Trinajstić information content (AvgIpc) is 3.50. The minimum atomic E-state index is -4.17. The number of benzene rings is 2. The highest BCUT2D eigenvalue weighted by Gasteiger charge is 2.24. The van der Waals surface area contributed by atoms with E-state index in [1.807, 2.05) is 0 Å². The molecular formula is C21H20ClN5O5S2. The Morgan fingerprint density at radius 3 is 2.53 bits per heavy atom. The van der Waals surface area contributed by atoms with Gasteiger partial charge in [-0.05, 0) is 37.1 Å². The molecule has 178 valence electrons. The number of para-hydroxylation sites is 1. The maximum Gasteiger partial charge on any atom is 0.291 e. The zero-order chi connectivity index (χ0) is 24.1. The van der Waals surface area contributed by atoms with E-state index in [9.17, 15) is 18.0 Å². The van der Waals surface area contributed by atoms with Crippen LogP contribution in [0.5, 0.6) is 0 Å². The highest BCUT2D eigenvalue weighted by molar-refractivity contribution is 7.94. The van der Waals surface area contributed by atoms with E-state index in [0.717, 1.165) is 12.8 Å². The molecule has 0 radical (unpaired) electrons. The number of carbonyl (C=O) groups is 2. The largest absolute Gasteiger partial charge is 0.376 e. The Labute approximate surface area is 204 Å². The number of sulfonamides is 1. The van der Waals surface area contributed by atoms with E-state index < -0.39 is 21.8 Å². The van der Waals surface area contributed by atoms with Crippen molar-refractivity contribution < 1.29 is 22.7 Å². The Hall–Kier alpha value is -3.06. The van der Waals surface area contributed by atoms with Crippen molar-refractivity contribution in [2.75, 3.05) is 23.2 Å². The maximum atomic E-state index is 12.9. The standard InChI is InChI=1S/C21H20ClN5O5S2/c22-16-9-3-1-7-14(16)19(29)24-20-25-26-21(33-20)34(30,31)27-17-10-4-2-8-15(17)18(28)23-12-13-6-5-11-32-13/h1-4,7-10,13,27H,5-6,11-12H2,(H,23,28)(H,24,25,29)/t13-/m0/s1. The number of hydrogen-bond donors (Lipinski definition) is 3. The van der Waals surface area contributed by atoms with Gasteiger partial charge in [0, 0.05) is 13.2 Å². The third-order valence-corrected chi connectivity index (χ3v) is 7.81. The Morgan fingerprint density at radius 2 is 1.79 bits per heavy atom. The van der Waals surface area contributed by atoms with E-state index in [2.05, 4.69) is 25.6 Å². The first-order chi connectivity index (χ1) is 16.3. The van der Waals surface area contributed by atoms with Gasteiger partial charge in [-0.25, -0.2) is 0 Å². The zero-order valence-electron chi connectivity index (χ0n) is 17.7. The van der Waals surface area contributed by atoms with Crippen LogP contribution in [0.1, 0.15) is 33.6 Å². The molecular weight excluding hydrogens is 502 g/mol. The van der Waals surface area contributed by atoms with Crippen LogP contribution in [0.4, 0.5) is 10.8 Å². The number of nitrogens with zero attached hydrogens (tertiary/aromatic N) is 2. The molecule has 1 aromatic heterocycles. The fourth-order valence-electron chi connectivity index (χ4n) is 3.24. The van der Waals surface area contributed by atoms with Crippen LogP contribution in [0.3, 0.4) is 0 Å². The molecule has 34 heavy (non-hydrogen) atoms. The number of rotatable bonds is 8. The third-order valence-electron chi connectivity index (χ3n) is 4.91. The molecule has 13 heteroatoms. The van der Waals surface area contributed by atoms with Crippen LogP contribution in [0, 0.1) is 0 Å². The molecule has 0 spiro atoms. The van der Waals surface area contributed by atoms with Gasteiger partial charge in [-0.1, -0.05) is 47.2 Å². The lowest BCUT2D eigenvalue weighted by Crippen LogP contribution is -2.32. The zero-order valence-corrected chi connectivity index (χ0v) is 20.0. The lowest BCUT2D eigenvalue weighted by atomic mass is 10.1. The summed E-state index contributed by atoms with van der Waals surface area (Å²) in [6.07, 6.45) is 1.76. The van der Waals surface area contributed by atoms with Gasteiger partial charge in [0.15, 0.2) is 0 Å². The van der Waals surface area contributed by atoms with Crippen molar-refractivity contribution in [2.45, 2.75) is 23.3 Å². The van der Waals surface area contributed by atoms with Crippen molar-refractivity contribution in [3.8, 4) is 0 Å². The molecule has 1 aliphatic rings. The van der Waals surface area contributed by atoms with Crippen molar-refractivity contribution in [1.82, 2.24) is 15.5 Å². The van der Waals surface area contributed by atoms with Gasteiger partial charge < -0.3 is 10.1 Å². The number of aromatic nitrogens is 2. The first-order valence-corrected chi connectivity index (χ1v) is 12.9. The summed E-state index contributed by atoms with van der Waals surface area (Å²) in [6.45, 7) is 1.00. The number of halogens is 1. The lowest BCUT2D eigenvalue weighted by molar-refractivity contribution is 0.0858. The summed E-state index contributed by atoms with van der Waals surface area (Å²) in [6, 6.07) is 12.6. The van der Waals surface area contributed by atoms with Gasteiger partial charge in [0.2, 0.25) is 5.13 Å². The van der Waals surface area contributed by atoms with Gasteiger partial charge in [0.1, 0.15) is 0 Å². The monoisotopic (exact) mass is 521 g/mol. The second-order valence-electron chi connectivity index (χ2n) is 7.30. The highest BCUT2D eigenvalue weighted by Crippen LogP contribution is 2.25. The summed E-state index contributed by atoms with van der Waals surface area (Å²) >= 11 is 6.68. The van der Waals surface area contributed by atoms with Crippen LogP contribution in [0.2, 0.25) is 5.02 Å². The quantitative estimate of drug-likeness (QED) is 0.387. The van der Waals surface area contributed by atoms with Crippen LogP contribution in [0.25, 0.3) is 0 Å². The molecule has 0 aliphatic carbocycles. The predicted molar refractivity (Wildman–Crippen MR) is 128 cm³/mol. The molecule has 1 saturated heterocycles. The van der Waals surface area contributed by atoms with Crippen LogP contribution >= 0.6 is 22.9 Å². The minimum absolute atomic E-state index is 0.0205. The molecule has 2 amide bonds. The smallest absolute Gasteiger partial charge is 0.291 e. The second kappa shape index (κ2) is 10.5. The van der Waals surface area contributed by atoms with Crippen LogP contribution in [-0.4, -0.2) is 49.7 Å². The number of nitrogens with one attached hydrogen (secondary N) is 3. The van der Waals surface area contributed by atoms with Gasteiger partial charge in [-0.15, -0.1) is 10.2 Å². The molecule has 3 aromatic rings. The number of anilines is 2. The number of carbonyl (C=O) groups excluding carboxylic acids is 2. The van der Waals surface area contributed by atoms with E-state index in [1.165, 1.54) is 18.2 Å².